The zero-order valence-corrected chi connectivity index (χ0v) is 13.9. The average molecular weight is 291 g/mol. The van der Waals surface area contributed by atoms with Crippen molar-refractivity contribution in [3.8, 4) is 0 Å². The number of nitrogens with one attached hydrogen (secondary N) is 1. The van der Waals surface area contributed by atoms with E-state index < -0.39 is 0 Å². The van der Waals surface area contributed by atoms with Gasteiger partial charge in [0.15, 0.2) is 0 Å². The number of hydrogen-bond donors (Lipinski definition) is 1. The third-order valence-corrected chi connectivity index (χ3v) is 5.94. The second-order valence-corrected chi connectivity index (χ2v) is 7.13. The van der Waals surface area contributed by atoms with Crippen LogP contribution in [0.3, 0.4) is 0 Å². The molecule has 0 aromatic carbocycles. The third kappa shape index (κ3) is 2.61. The molecule has 1 aliphatic heterocycles. The monoisotopic (exact) mass is 291 g/mol. The van der Waals surface area contributed by atoms with Crippen molar-refractivity contribution >= 4 is 0 Å². The van der Waals surface area contributed by atoms with Gasteiger partial charge in [0.1, 0.15) is 12.2 Å². The lowest BCUT2D eigenvalue weighted by molar-refractivity contribution is -0.0120. The van der Waals surface area contributed by atoms with E-state index >= 15 is 0 Å². The maximum Gasteiger partial charge on any atom is 0.140 e. The Balaban J connectivity index is 1.84. The standard InChI is InChI=1S/C16H29N5/c1-5-16(6-2)10-18-15(3,13-7-8-13)11-21(16)9-14-17-12-19-20(14)4/h12-13,18H,5-11H2,1-4H3. The molecule has 2 aliphatic rings. The molecule has 1 N–H and O–H groups in total. The van der Waals surface area contributed by atoms with E-state index in [1.807, 2.05) is 11.7 Å². The first-order chi connectivity index (χ1) is 10.0. The molecule has 1 aliphatic carbocycles. The van der Waals surface area contributed by atoms with Crippen molar-refractivity contribution < 1.29 is 0 Å². The van der Waals surface area contributed by atoms with Gasteiger partial charge in [0.2, 0.25) is 0 Å². The SMILES string of the molecule is CCC1(CC)CNC(C)(C2CC2)CN1Cc1ncnn1C. The van der Waals surface area contributed by atoms with Gasteiger partial charge in [-0.2, -0.15) is 5.10 Å². The third-order valence-electron chi connectivity index (χ3n) is 5.94. The molecule has 1 aromatic heterocycles. The zero-order chi connectivity index (χ0) is 15.1. The lowest BCUT2D eigenvalue weighted by Crippen LogP contribution is -2.69. The van der Waals surface area contributed by atoms with Crippen molar-refractivity contribution in [2.24, 2.45) is 13.0 Å². The summed E-state index contributed by atoms with van der Waals surface area (Å²) in [6, 6.07) is 0. The number of nitrogens with zero attached hydrogens (tertiary/aromatic N) is 4. The fraction of sp³-hybridized carbons (Fsp3) is 0.875. The van der Waals surface area contributed by atoms with Crippen LogP contribution >= 0.6 is 0 Å². The molecule has 2 fully saturated rings. The predicted octanol–water partition coefficient (Wildman–Crippen LogP) is 1.95. The van der Waals surface area contributed by atoms with Crippen molar-refractivity contribution in [3.05, 3.63) is 12.2 Å². The Morgan fingerprint density at radius 1 is 1.33 bits per heavy atom. The molecule has 2 heterocycles. The Morgan fingerprint density at radius 3 is 2.57 bits per heavy atom. The molecule has 0 spiro atoms. The molecule has 1 saturated carbocycles. The van der Waals surface area contributed by atoms with Crippen LogP contribution in [0.2, 0.25) is 0 Å². The van der Waals surface area contributed by atoms with Gasteiger partial charge in [-0.1, -0.05) is 13.8 Å². The Morgan fingerprint density at radius 2 is 2.05 bits per heavy atom. The molecule has 21 heavy (non-hydrogen) atoms. The summed E-state index contributed by atoms with van der Waals surface area (Å²) in [4.78, 5) is 7.11. The summed E-state index contributed by atoms with van der Waals surface area (Å²) in [7, 11) is 1.99. The molecular formula is C16H29N5. The summed E-state index contributed by atoms with van der Waals surface area (Å²) in [5.41, 5.74) is 0.521. The first kappa shape index (κ1) is 15.0. The number of hydrogen-bond acceptors (Lipinski definition) is 4. The largest absolute Gasteiger partial charge is 0.308 e. The number of rotatable bonds is 5. The van der Waals surface area contributed by atoms with E-state index in [1.54, 1.807) is 6.33 Å². The summed E-state index contributed by atoms with van der Waals surface area (Å²) in [6.07, 6.45) is 6.78. The van der Waals surface area contributed by atoms with Crippen LogP contribution < -0.4 is 5.32 Å². The van der Waals surface area contributed by atoms with Gasteiger partial charge >= 0.3 is 0 Å². The van der Waals surface area contributed by atoms with Gasteiger partial charge in [0.05, 0.1) is 6.54 Å². The van der Waals surface area contributed by atoms with Crippen LogP contribution in [0.4, 0.5) is 0 Å². The van der Waals surface area contributed by atoms with Crippen LogP contribution in [0, 0.1) is 5.92 Å². The van der Waals surface area contributed by atoms with E-state index in [-0.39, 0.29) is 11.1 Å². The Hall–Kier alpha value is -0.940. The highest BCUT2D eigenvalue weighted by Crippen LogP contribution is 2.43. The topological polar surface area (TPSA) is 46.0 Å². The summed E-state index contributed by atoms with van der Waals surface area (Å²) >= 11 is 0. The van der Waals surface area contributed by atoms with Crippen LogP contribution in [0.5, 0.6) is 0 Å². The summed E-state index contributed by atoms with van der Waals surface area (Å²) in [5.74, 6) is 1.92. The van der Waals surface area contributed by atoms with E-state index in [4.69, 9.17) is 0 Å². The van der Waals surface area contributed by atoms with Crippen molar-refractivity contribution in [2.45, 2.75) is 64.1 Å². The maximum atomic E-state index is 4.44. The van der Waals surface area contributed by atoms with Crippen LogP contribution in [-0.2, 0) is 13.6 Å². The van der Waals surface area contributed by atoms with Crippen molar-refractivity contribution in [1.29, 1.82) is 0 Å². The highest BCUT2D eigenvalue weighted by atomic mass is 15.4. The molecular weight excluding hydrogens is 262 g/mol. The minimum atomic E-state index is 0.250. The molecule has 1 unspecified atom stereocenters. The molecule has 3 rings (SSSR count). The van der Waals surface area contributed by atoms with Gasteiger partial charge in [0, 0.05) is 31.2 Å². The maximum absolute atomic E-state index is 4.44. The fourth-order valence-corrected chi connectivity index (χ4v) is 3.90. The van der Waals surface area contributed by atoms with Crippen molar-refractivity contribution in [1.82, 2.24) is 25.0 Å². The number of aromatic nitrogens is 3. The minimum Gasteiger partial charge on any atom is -0.308 e. The number of piperazine rings is 1. The molecule has 0 amide bonds. The van der Waals surface area contributed by atoms with Gasteiger partial charge < -0.3 is 5.32 Å². The Labute approximate surface area is 128 Å². The quantitative estimate of drug-likeness (QED) is 0.900. The first-order valence-electron chi connectivity index (χ1n) is 8.36. The van der Waals surface area contributed by atoms with E-state index in [1.165, 1.54) is 25.7 Å². The van der Waals surface area contributed by atoms with Gasteiger partial charge in [-0.05, 0) is 38.5 Å². The van der Waals surface area contributed by atoms with Crippen LogP contribution in [0.15, 0.2) is 6.33 Å². The lowest BCUT2D eigenvalue weighted by atomic mass is 9.81. The van der Waals surface area contributed by atoms with Gasteiger partial charge in [-0.15, -0.1) is 0 Å². The predicted molar refractivity (Wildman–Crippen MR) is 83.9 cm³/mol. The second kappa shape index (κ2) is 5.36. The van der Waals surface area contributed by atoms with E-state index in [9.17, 15) is 0 Å². The minimum absolute atomic E-state index is 0.250. The molecule has 1 atom stereocenters. The normalized spacial score (nSPS) is 29.7. The molecule has 0 radical (unpaired) electrons. The first-order valence-corrected chi connectivity index (χ1v) is 8.36. The fourth-order valence-electron chi connectivity index (χ4n) is 3.90. The van der Waals surface area contributed by atoms with Crippen LogP contribution in [0.1, 0.15) is 52.3 Å². The Kier molecular flexibility index (Phi) is 3.82. The average Bonchev–Trinajstić information content (AvgIpc) is 3.27. The molecule has 5 nitrogen and oxygen atoms in total. The van der Waals surface area contributed by atoms with Crippen LogP contribution in [-0.4, -0.2) is 43.8 Å². The van der Waals surface area contributed by atoms with Gasteiger partial charge in [-0.3, -0.25) is 9.58 Å². The van der Waals surface area contributed by atoms with Crippen molar-refractivity contribution in [3.63, 3.8) is 0 Å². The van der Waals surface area contributed by atoms with E-state index in [2.05, 4.69) is 41.1 Å². The number of aryl methyl sites for hydroxylation is 1. The van der Waals surface area contributed by atoms with Gasteiger partial charge in [-0.25, -0.2) is 4.98 Å². The lowest BCUT2D eigenvalue weighted by Gasteiger charge is -2.53. The molecule has 1 aromatic rings. The Bertz CT molecular complexity index is 489. The highest BCUT2D eigenvalue weighted by molar-refractivity contribution is 5.09. The van der Waals surface area contributed by atoms with Crippen molar-refractivity contribution in [2.75, 3.05) is 13.1 Å². The molecule has 5 heteroatoms. The molecule has 1 saturated heterocycles. The van der Waals surface area contributed by atoms with Crippen LogP contribution in [0.25, 0.3) is 0 Å². The van der Waals surface area contributed by atoms with E-state index in [0.717, 1.165) is 31.4 Å². The summed E-state index contributed by atoms with van der Waals surface area (Å²) in [5, 5.41) is 8.12. The molecule has 0 bridgehead atoms. The summed E-state index contributed by atoms with van der Waals surface area (Å²) < 4.78 is 1.91. The molecule has 118 valence electrons. The zero-order valence-electron chi connectivity index (χ0n) is 13.9. The van der Waals surface area contributed by atoms with E-state index in [0.29, 0.717) is 0 Å². The smallest absolute Gasteiger partial charge is 0.140 e. The second-order valence-electron chi connectivity index (χ2n) is 7.13. The van der Waals surface area contributed by atoms with Gasteiger partial charge in [0.25, 0.3) is 0 Å². The summed E-state index contributed by atoms with van der Waals surface area (Å²) in [6.45, 7) is 10.1. The highest BCUT2D eigenvalue weighted by Gasteiger charge is 2.50.